The molecule has 138 valence electrons. The highest BCUT2D eigenvalue weighted by atomic mass is 35.5. The van der Waals surface area contributed by atoms with Gasteiger partial charge in [-0.15, -0.1) is 0 Å². The lowest BCUT2D eigenvalue weighted by molar-refractivity contribution is 0.472. The van der Waals surface area contributed by atoms with Crippen LogP contribution in [-0.4, -0.2) is 28.6 Å². The minimum absolute atomic E-state index is 0.465. The van der Waals surface area contributed by atoms with Crippen molar-refractivity contribution in [3.8, 4) is 0 Å². The Labute approximate surface area is 168 Å². The van der Waals surface area contributed by atoms with Crippen LogP contribution < -0.4 is 10.6 Å². The Morgan fingerprint density at radius 3 is 2.96 bits per heavy atom. The zero-order chi connectivity index (χ0) is 18.1. The molecule has 2 N–H and O–H groups in total. The first-order valence-electron chi connectivity index (χ1n) is 9.04. The van der Waals surface area contributed by atoms with Gasteiger partial charge in [0, 0.05) is 17.0 Å². The highest BCUT2D eigenvalue weighted by Crippen LogP contribution is 2.37. The molecule has 2 heterocycles. The summed E-state index contributed by atoms with van der Waals surface area (Å²) in [5, 5.41) is 9.18. The molecule has 1 aliphatic carbocycles. The first-order valence-corrected chi connectivity index (χ1v) is 10.6. The van der Waals surface area contributed by atoms with Crippen LogP contribution in [0.5, 0.6) is 0 Å². The monoisotopic (exact) mass is 408 g/mol. The summed E-state index contributed by atoms with van der Waals surface area (Å²) in [6.07, 6.45) is 6.79. The molecule has 2 fully saturated rings. The Kier molecular flexibility index (Phi) is 5.60. The molecule has 3 unspecified atom stereocenters. The third-order valence-electron chi connectivity index (χ3n) is 5.18. The predicted octanol–water partition coefficient (Wildman–Crippen LogP) is 5.19. The Balaban J connectivity index is 1.45. The van der Waals surface area contributed by atoms with E-state index in [-0.39, 0.29) is 0 Å². The molecule has 1 aliphatic heterocycles. The van der Waals surface area contributed by atoms with E-state index in [0.717, 1.165) is 33.8 Å². The molecule has 1 aromatic heterocycles. The number of aryl methyl sites for hydroxylation is 1. The Hall–Kier alpha value is -1.01. The molecule has 7 heteroatoms. The molecule has 3 atom stereocenters. The maximum absolute atomic E-state index is 6.28. The van der Waals surface area contributed by atoms with E-state index < -0.39 is 0 Å². The first kappa shape index (κ1) is 18.4. The molecule has 4 rings (SSSR count). The number of aromatic nitrogens is 2. The van der Waals surface area contributed by atoms with Crippen LogP contribution in [0.1, 0.15) is 31.4 Å². The van der Waals surface area contributed by atoms with Gasteiger partial charge in [-0.25, -0.2) is 9.97 Å². The summed E-state index contributed by atoms with van der Waals surface area (Å²) in [6.45, 7) is 3.17. The van der Waals surface area contributed by atoms with Gasteiger partial charge in [-0.2, -0.15) is 0 Å². The van der Waals surface area contributed by atoms with Crippen molar-refractivity contribution < 1.29 is 0 Å². The van der Waals surface area contributed by atoms with Gasteiger partial charge in [0.1, 0.15) is 10.8 Å². The number of rotatable bonds is 4. The van der Waals surface area contributed by atoms with Gasteiger partial charge in [0.2, 0.25) is 0 Å². The predicted molar refractivity (Wildman–Crippen MR) is 109 cm³/mol. The van der Waals surface area contributed by atoms with E-state index >= 15 is 0 Å². The van der Waals surface area contributed by atoms with E-state index in [4.69, 9.17) is 28.2 Å². The number of fused-ring (bicyclic) bond motifs is 2. The number of halogens is 2. The summed E-state index contributed by atoms with van der Waals surface area (Å²) < 4.78 is 0. The van der Waals surface area contributed by atoms with Gasteiger partial charge in [-0.1, -0.05) is 41.0 Å². The van der Waals surface area contributed by atoms with E-state index in [1.165, 1.54) is 37.6 Å². The van der Waals surface area contributed by atoms with Gasteiger partial charge >= 0.3 is 0 Å². The number of nitrogens with one attached hydrogen (secondary N) is 2. The summed E-state index contributed by atoms with van der Waals surface area (Å²) in [5.74, 6) is 1.70. The molecular formula is C19H22Cl2N4S. The third-order valence-corrected chi connectivity index (χ3v) is 7.27. The molecule has 2 aromatic rings. The first-order chi connectivity index (χ1) is 12.6. The lowest BCUT2D eigenvalue weighted by Gasteiger charge is -2.22. The van der Waals surface area contributed by atoms with E-state index in [1.54, 1.807) is 6.07 Å². The van der Waals surface area contributed by atoms with Gasteiger partial charge in [-0.3, -0.25) is 0 Å². The molecule has 2 aliphatic rings. The minimum atomic E-state index is 0.465. The lowest BCUT2D eigenvalue weighted by atomic mass is 10.0. The molecule has 4 nitrogen and oxygen atoms in total. The average Bonchev–Trinajstić information content (AvgIpc) is 2.96. The molecular weight excluding hydrogens is 387 g/mol. The van der Waals surface area contributed by atoms with Crippen molar-refractivity contribution in [2.24, 2.45) is 5.92 Å². The molecule has 1 saturated heterocycles. The van der Waals surface area contributed by atoms with E-state index in [9.17, 15) is 0 Å². The normalized spacial score (nSPS) is 25.1. The van der Waals surface area contributed by atoms with Crippen molar-refractivity contribution >= 4 is 40.8 Å². The standard InChI is InChI=1S/C19H22Cl2N4S/c1-11-19(26-16-4-2-3-15(20)18(16)21)23-10-17(24-11)25-13-6-5-12-7-14(8-13)22-9-12/h2-4,10,12-14,22H,5-9H2,1H3,(H,24,25). The van der Waals surface area contributed by atoms with Crippen LogP contribution >= 0.6 is 35.0 Å². The van der Waals surface area contributed by atoms with Gasteiger partial charge in [0.15, 0.2) is 0 Å². The smallest absolute Gasteiger partial charge is 0.145 e. The SMILES string of the molecule is Cc1nc(NC2CCC3CNC(C3)C2)cnc1Sc1cccc(Cl)c1Cl. The zero-order valence-electron chi connectivity index (χ0n) is 14.6. The number of benzene rings is 1. The van der Waals surface area contributed by atoms with Crippen molar-refractivity contribution in [3.63, 3.8) is 0 Å². The Morgan fingerprint density at radius 2 is 2.12 bits per heavy atom. The molecule has 2 bridgehead atoms. The van der Waals surface area contributed by atoms with E-state index in [0.29, 0.717) is 22.1 Å². The minimum Gasteiger partial charge on any atom is -0.366 e. The van der Waals surface area contributed by atoms with Crippen molar-refractivity contribution in [1.82, 2.24) is 15.3 Å². The maximum Gasteiger partial charge on any atom is 0.145 e. The number of anilines is 1. The molecule has 1 saturated carbocycles. The van der Waals surface area contributed by atoms with Crippen LogP contribution in [0.25, 0.3) is 0 Å². The fourth-order valence-electron chi connectivity index (χ4n) is 3.85. The van der Waals surface area contributed by atoms with Crippen LogP contribution in [0.4, 0.5) is 5.82 Å². The maximum atomic E-state index is 6.28. The van der Waals surface area contributed by atoms with E-state index in [2.05, 4.69) is 15.6 Å². The highest BCUT2D eigenvalue weighted by molar-refractivity contribution is 7.99. The summed E-state index contributed by atoms with van der Waals surface area (Å²) in [5.41, 5.74) is 0.893. The van der Waals surface area contributed by atoms with Crippen molar-refractivity contribution in [1.29, 1.82) is 0 Å². The second kappa shape index (κ2) is 7.93. The summed E-state index contributed by atoms with van der Waals surface area (Å²) in [6, 6.07) is 6.73. The molecule has 26 heavy (non-hydrogen) atoms. The van der Waals surface area contributed by atoms with Crippen LogP contribution in [0.3, 0.4) is 0 Å². The van der Waals surface area contributed by atoms with Crippen LogP contribution in [0, 0.1) is 12.8 Å². The van der Waals surface area contributed by atoms with Gasteiger partial charge in [0.25, 0.3) is 0 Å². The summed E-state index contributed by atoms with van der Waals surface area (Å²) in [7, 11) is 0. The quantitative estimate of drug-likeness (QED) is 0.728. The summed E-state index contributed by atoms with van der Waals surface area (Å²) in [4.78, 5) is 10.2. The molecule has 0 spiro atoms. The highest BCUT2D eigenvalue weighted by Gasteiger charge is 2.30. The fourth-order valence-corrected chi connectivity index (χ4v) is 5.17. The van der Waals surface area contributed by atoms with Crippen molar-refractivity contribution in [2.45, 2.75) is 54.6 Å². The molecule has 0 radical (unpaired) electrons. The molecule has 0 amide bonds. The average molecular weight is 409 g/mol. The van der Waals surface area contributed by atoms with Crippen LogP contribution in [0.2, 0.25) is 10.0 Å². The summed E-state index contributed by atoms with van der Waals surface area (Å²) >= 11 is 13.9. The van der Waals surface area contributed by atoms with Gasteiger partial charge < -0.3 is 10.6 Å². The van der Waals surface area contributed by atoms with Gasteiger partial charge in [-0.05, 0) is 57.2 Å². The largest absolute Gasteiger partial charge is 0.366 e. The second-order valence-corrected chi connectivity index (χ2v) is 8.98. The number of nitrogens with zero attached hydrogens (tertiary/aromatic N) is 2. The zero-order valence-corrected chi connectivity index (χ0v) is 17.0. The Morgan fingerprint density at radius 1 is 1.23 bits per heavy atom. The topological polar surface area (TPSA) is 49.8 Å². The fraction of sp³-hybridized carbons (Fsp3) is 0.474. The number of hydrogen-bond acceptors (Lipinski definition) is 5. The second-order valence-electron chi connectivity index (χ2n) is 7.16. The third kappa shape index (κ3) is 4.11. The van der Waals surface area contributed by atoms with E-state index in [1.807, 2.05) is 25.3 Å². The molecule has 1 aromatic carbocycles. The number of hydrogen-bond donors (Lipinski definition) is 2. The van der Waals surface area contributed by atoms with Crippen molar-refractivity contribution in [2.75, 3.05) is 11.9 Å². The Bertz CT molecular complexity index is 801. The lowest BCUT2D eigenvalue weighted by Crippen LogP contribution is -2.32. The van der Waals surface area contributed by atoms with Crippen LogP contribution in [-0.2, 0) is 0 Å². The van der Waals surface area contributed by atoms with Crippen molar-refractivity contribution in [3.05, 3.63) is 40.1 Å². The van der Waals surface area contributed by atoms with Crippen LogP contribution in [0.15, 0.2) is 34.3 Å². The van der Waals surface area contributed by atoms with Gasteiger partial charge in [0.05, 0.1) is 21.9 Å².